The molecule has 0 unspecified atom stereocenters. The van der Waals surface area contributed by atoms with Crippen LogP contribution in [0.5, 0.6) is 17.2 Å². The summed E-state index contributed by atoms with van der Waals surface area (Å²) in [7, 11) is 3.05. The van der Waals surface area contributed by atoms with Crippen LogP contribution < -0.4 is 14.2 Å². The van der Waals surface area contributed by atoms with Crippen molar-refractivity contribution in [3.63, 3.8) is 0 Å². The van der Waals surface area contributed by atoms with Gasteiger partial charge in [-0.05, 0) is 47.9 Å². The summed E-state index contributed by atoms with van der Waals surface area (Å²) in [5.74, 6) is 1.17. The lowest BCUT2D eigenvalue weighted by Gasteiger charge is -2.37. The van der Waals surface area contributed by atoms with Crippen LogP contribution in [-0.2, 0) is 17.4 Å². The third-order valence-corrected chi connectivity index (χ3v) is 5.39. The summed E-state index contributed by atoms with van der Waals surface area (Å²) in [6.07, 6.45) is -3.71. The first-order valence-corrected chi connectivity index (χ1v) is 10.2. The number of ether oxygens (including phenoxy) is 3. The second-order valence-electron chi connectivity index (χ2n) is 7.03. The molecule has 0 aromatic heterocycles. The molecule has 168 valence electrons. The van der Waals surface area contributed by atoms with Gasteiger partial charge in [-0.3, -0.25) is 4.79 Å². The van der Waals surface area contributed by atoms with E-state index in [0.717, 1.165) is 23.3 Å². The standard InChI is InChI=1S/C22H23ClF3NO4/c1-29-19-10-14-7-9-27(21(28)6-8-23)18(17(14)12-20(19)30-2)13-31-16-5-3-4-15(11-16)22(24,25)26/h3-5,10-12,18H,6-9,13H2,1-2H3/t18-/m0/s1. The summed E-state index contributed by atoms with van der Waals surface area (Å²) >= 11 is 5.76. The normalized spacial score (nSPS) is 15.9. The molecule has 9 heteroatoms. The predicted molar refractivity (Wildman–Crippen MR) is 110 cm³/mol. The molecule has 0 saturated carbocycles. The van der Waals surface area contributed by atoms with Crippen LogP contribution in [-0.4, -0.2) is 44.1 Å². The summed E-state index contributed by atoms with van der Waals surface area (Å²) in [4.78, 5) is 14.3. The number of hydrogen-bond acceptors (Lipinski definition) is 4. The fourth-order valence-electron chi connectivity index (χ4n) is 3.67. The average molecular weight is 458 g/mol. The second-order valence-corrected chi connectivity index (χ2v) is 7.41. The number of carbonyl (C=O) groups excluding carboxylic acids is 1. The number of rotatable bonds is 7. The first-order chi connectivity index (χ1) is 14.8. The maximum Gasteiger partial charge on any atom is 0.416 e. The molecule has 3 rings (SSSR count). The Morgan fingerprint density at radius 3 is 2.52 bits per heavy atom. The molecule has 1 heterocycles. The highest BCUT2D eigenvalue weighted by molar-refractivity contribution is 6.18. The number of hydrogen-bond donors (Lipinski definition) is 0. The van der Waals surface area contributed by atoms with Gasteiger partial charge in [0.2, 0.25) is 5.91 Å². The summed E-state index contributed by atoms with van der Waals surface area (Å²) in [6, 6.07) is 7.81. The Morgan fingerprint density at radius 1 is 1.16 bits per heavy atom. The molecule has 5 nitrogen and oxygen atoms in total. The van der Waals surface area contributed by atoms with E-state index in [1.165, 1.54) is 26.4 Å². The third kappa shape index (κ3) is 5.18. The largest absolute Gasteiger partial charge is 0.493 e. The highest BCUT2D eigenvalue weighted by atomic mass is 35.5. The van der Waals surface area contributed by atoms with Crippen molar-refractivity contribution in [2.24, 2.45) is 0 Å². The van der Waals surface area contributed by atoms with Crippen LogP contribution in [0.3, 0.4) is 0 Å². The fourth-order valence-corrected chi connectivity index (χ4v) is 3.83. The molecule has 31 heavy (non-hydrogen) atoms. The summed E-state index contributed by atoms with van der Waals surface area (Å²) in [5.41, 5.74) is 0.972. The van der Waals surface area contributed by atoms with E-state index in [1.54, 1.807) is 11.0 Å². The van der Waals surface area contributed by atoms with E-state index in [1.807, 2.05) is 6.07 Å². The van der Waals surface area contributed by atoms with Crippen LogP contribution in [0, 0.1) is 0 Å². The monoisotopic (exact) mass is 457 g/mol. The van der Waals surface area contributed by atoms with Gasteiger partial charge in [0.15, 0.2) is 11.5 Å². The van der Waals surface area contributed by atoms with Gasteiger partial charge >= 0.3 is 6.18 Å². The van der Waals surface area contributed by atoms with Crippen molar-refractivity contribution >= 4 is 17.5 Å². The van der Waals surface area contributed by atoms with E-state index in [4.69, 9.17) is 25.8 Å². The van der Waals surface area contributed by atoms with Gasteiger partial charge in [0.25, 0.3) is 0 Å². The van der Waals surface area contributed by atoms with Crippen LogP contribution >= 0.6 is 11.6 Å². The Balaban J connectivity index is 1.93. The molecule has 0 fully saturated rings. The van der Waals surface area contributed by atoms with Crippen molar-refractivity contribution in [3.8, 4) is 17.2 Å². The summed E-state index contributed by atoms with van der Waals surface area (Å²) in [6.45, 7) is 0.423. The second kappa shape index (κ2) is 9.68. The molecule has 2 aromatic rings. The molecular weight excluding hydrogens is 435 g/mol. The Labute approximate surface area is 183 Å². The lowest BCUT2D eigenvalue weighted by atomic mass is 9.92. The van der Waals surface area contributed by atoms with Gasteiger partial charge in [-0.2, -0.15) is 13.2 Å². The minimum atomic E-state index is -4.47. The first kappa shape index (κ1) is 23.1. The highest BCUT2D eigenvalue weighted by Crippen LogP contribution is 2.39. The third-order valence-electron chi connectivity index (χ3n) is 5.20. The maximum absolute atomic E-state index is 13.0. The van der Waals surface area contributed by atoms with Gasteiger partial charge in [-0.1, -0.05) is 6.07 Å². The molecule has 1 atom stereocenters. The van der Waals surface area contributed by atoms with Crippen LogP contribution in [0.15, 0.2) is 36.4 Å². The molecule has 1 aliphatic rings. The zero-order chi connectivity index (χ0) is 22.6. The minimum absolute atomic E-state index is 0.0161. The van der Waals surface area contributed by atoms with Gasteiger partial charge in [0.05, 0.1) is 25.8 Å². The molecule has 0 saturated heterocycles. The van der Waals surface area contributed by atoms with E-state index in [9.17, 15) is 18.0 Å². The number of benzene rings is 2. The topological polar surface area (TPSA) is 48.0 Å². The van der Waals surface area contributed by atoms with Crippen LogP contribution in [0.1, 0.15) is 29.2 Å². The van der Waals surface area contributed by atoms with Gasteiger partial charge in [0.1, 0.15) is 12.4 Å². The Bertz CT molecular complexity index is 935. The van der Waals surface area contributed by atoms with Crippen molar-refractivity contribution in [3.05, 3.63) is 53.1 Å². The lowest BCUT2D eigenvalue weighted by Crippen LogP contribution is -2.42. The number of methoxy groups -OCH3 is 2. The smallest absolute Gasteiger partial charge is 0.416 e. The quantitative estimate of drug-likeness (QED) is 0.557. The van der Waals surface area contributed by atoms with Crippen LogP contribution in [0.2, 0.25) is 0 Å². The average Bonchev–Trinajstić information content (AvgIpc) is 2.76. The van der Waals surface area contributed by atoms with Gasteiger partial charge < -0.3 is 19.1 Å². The molecule has 1 amide bonds. The van der Waals surface area contributed by atoms with Gasteiger partial charge in [0, 0.05) is 18.8 Å². The molecule has 0 aliphatic carbocycles. The van der Waals surface area contributed by atoms with Crippen molar-refractivity contribution in [1.82, 2.24) is 4.90 Å². The number of carbonyl (C=O) groups is 1. The van der Waals surface area contributed by atoms with Crippen molar-refractivity contribution in [2.75, 3.05) is 33.3 Å². The number of nitrogens with zero attached hydrogens (tertiary/aromatic N) is 1. The van der Waals surface area contributed by atoms with Crippen molar-refractivity contribution in [1.29, 1.82) is 0 Å². The van der Waals surface area contributed by atoms with Crippen molar-refractivity contribution < 1.29 is 32.2 Å². The lowest BCUT2D eigenvalue weighted by molar-refractivity contribution is -0.137. The zero-order valence-electron chi connectivity index (χ0n) is 17.2. The number of halogens is 4. The van der Waals surface area contributed by atoms with E-state index >= 15 is 0 Å². The molecule has 0 spiro atoms. The van der Waals surface area contributed by atoms with E-state index in [0.29, 0.717) is 24.5 Å². The minimum Gasteiger partial charge on any atom is -0.493 e. The fraction of sp³-hybridized carbons (Fsp3) is 0.409. The summed E-state index contributed by atoms with van der Waals surface area (Å²) < 4.78 is 55.5. The molecule has 0 radical (unpaired) electrons. The molecule has 0 bridgehead atoms. The van der Waals surface area contributed by atoms with E-state index in [2.05, 4.69) is 0 Å². The maximum atomic E-state index is 13.0. The SMILES string of the molecule is COc1cc2c(cc1OC)[C@H](COc1cccc(C(F)(F)F)c1)N(C(=O)CCCl)CC2. The Morgan fingerprint density at radius 2 is 1.87 bits per heavy atom. The molecule has 2 aromatic carbocycles. The molecular formula is C22H23ClF3NO4. The van der Waals surface area contributed by atoms with Gasteiger partial charge in [-0.15, -0.1) is 11.6 Å². The Kier molecular flexibility index (Phi) is 7.20. The predicted octanol–water partition coefficient (Wildman–Crippen LogP) is 4.86. The Hall–Kier alpha value is -2.61. The highest BCUT2D eigenvalue weighted by Gasteiger charge is 2.33. The first-order valence-electron chi connectivity index (χ1n) is 9.68. The van der Waals surface area contributed by atoms with Crippen molar-refractivity contribution in [2.45, 2.75) is 25.1 Å². The number of amides is 1. The van der Waals surface area contributed by atoms with Gasteiger partial charge in [-0.25, -0.2) is 0 Å². The van der Waals surface area contributed by atoms with E-state index < -0.39 is 17.8 Å². The number of alkyl halides is 4. The molecule has 0 N–H and O–H groups in total. The number of fused-ring (bicyclic) bond motifs is 1. The van der Waals surface area contributed by atoms with Crippen LogP contribution in [0.25, 0.3) is 0 Å². The van der Waals surface area contributed by atoms with Crippen LogP contribution in [0.4, 0.5) is 13.2 Å². The molecule has 1 aliphatic heterocycles. The zero-order valence-corrected chi connectivity index (χ0v) is 17.9. The summed E-state index contributed by atoms with van der Waals surface area (Å²) in [5, 5.41) is 0. The van der Waals surface area contributed by atoms with E-state index in [-0.39, 0.29) is 30.6 Å².